The molecule has 0 amide bonds. The van der Waals surface area contributed by atoms with Crippen LogP contribution in [-0.2, 0) is 14.3 Å². The molecule has 6 nitrogen and oxygen atoms in total. The van der Waals surface area contributed by atoms with E-state index in [-0.39, 0.29) is 50.4 Å². The first-order valence-corrected chi connectivity index (χ1v) is 16.8. The minimum atomic E-state index is -0.512. The van der Waals surface area contributed by atoms with E-state index in [0.717, 1.165) is 56.9 Å². The van der Waals surface area contributed by atoms with Gasteiger partial charge in [-0.15, -0.1) is 0 Å². The molecule has 6 rings (SSSR count). The van der Waals surface area contributed by atoms with Crippen LogP contribution in [0.5, 0.6) is 0 Å². The van der Waals surface area contributed by atoms with Gasteiger partial charge in [0.05, 0.1) is 17.4 Å². The van der Waals surface area contributed by atoms with Crippen molar-refractivity contribution in [3.8, 4) is 0 Å². The van der Waals surface area contributed by atoms with Crippen molar-refractivity contribution < 1.29 is 19.2 Å². The van der Waals surface area contributed by atoms with Crippen molar-refractivity contribution >= 4 is 23.5 Å². The summed E-state index contributed by atoms with van der Waals surface area (Å²) in [6.45, 7) is 18.4. The Kier molecular flexibility index (Phi) is 7.18. The normalized spacial score (nSPS) is 43.3. The number of nitro benzene ring substituents is 1. The molecule has 9 atom stereocenters. The van der Waals surface area contributed by atoms with Crippen LogP contribution in [0.25, 0.3) is 6.08 Å². The van der Waals surface area contributed by atoms with Gasteiger partial charge in [0.25, 0.3) is 5.69 Å². The number of nitrogens with zero attached hydrogens (tertiary/aromatic N) is 1. The number of carbonyl (C=O) groups excluding carboxylic acids is 2. The molecule has 0 radical (unpaired) electrons. The van der Waals surface area contributed by atoms with Crippen LogP contribution in [0.15, 0.2) is 42.0 Å². The van der Waals surface area contributed by atoms with E-state index in [1.54, 1.807) is 19.2 Å². The predicted octanol–water partition coefficient (Wildman–Crippen LogP) is 8.99. The third-order valence-corrected chi connectivity index (χ3v) is 14.7. The van der Waals surface area contributed by atoms with E-state index >= 15 is 0 Å². The molecule has 0 bridgehead atoms. The van der Waals surface area contributed by atoms with Gasteiger partial charge in [-0.25, -0.2) is 0 Å². The molecule has 5 fully saturated rings. The third-order valence-electron chi connectivity index (χ3n) is 14.7. The molecule has 5 aliphatic rings. The van der Waals surface area contributed by atoms with Crippen LogP contribution in [0.3, 0.4) is 0 Å². The van der Waals surface area contributed by atoms with Gasteiger partial charge in [-0.2, -0.15) is 0 Å². The predicted molar refractivity (Wildman–Crippen MR) is 172 cm³/mol. The lowest BCUT2D eigenvalue weighted by molar-refractivity contribution is -0.384. The summed E-state index contributed by atoms with van der Waals surface area (Å²) >= 11 is 0. The number of ketones is 1. The fourth-order valence-electron chi connectivity index (χ4n) is 12.6. The van der Waals surface area contributed by atoms with Crippen molar-refractivity contribution in [2.75, 3.05) is 7.11 Å². The molecular weight excluding hydrogens is 550 g/mol. The first kappa shape index (κ1) is 31.2. The van der Waals surface area contributed by atoms with Crippen LogP contribution in [0.2, 0.25) is 0 Å². The number of non-ortho nitro benzene ring substituents is 1. The fourth-order valence-corrected chi connectivity index (χ4v) is 12.6. The van der Waals surface area contributed by atoms with Gasteiger partial charge >= 0.3 is 5.97 Å². The van der Waals surface area contributed by atoms with Crippen molar-refractivity contribution in [1.82, 2.24) is 0 Å². The number of Topliss-reactive ketones (excluding diaryl/α,β-unsaturated/α-hetero) is 1. The standard InChI is InChI=1S/C38H51NO5/c1-23(2)27-14-17-38(33(41)44-8)19-18-36(6)28(31(27)38)12-13-30-35(5)22-25(20-24-10-9-11-26(21-24)39(42)43)32(40)34(3,4)29(35)15-16-37(30,36)7/h9-11,20-21,27-31H,1,12-19,22H2,2-8H3. The number of benzene rings is 1. The number of hydrogen-bond donors (Lipinski definition) is 0. The molecule has 0 N–H and O–H groups in total. The number of allylic oxidation sites excluding steroid dienone is 2. The Bertz CT molecular complexity index is 1460. The molecule has 44 heavy (non-hydrogen) atoms. The Morgan fingerprint density at radius 2 is 1.73 bits per heavy atom. The summed E-state index contributed by atoms with van der Waals surface area (Å²) in [6.07, 6.45) is 10.8. The summed E-state index contributed by atoms with van der Waals surface area (Å²) in [6, 6.07) is 6.64. The van der Waals surface area contributed by atoms with Gasteiger partial charge in [0.2, 0.25) is 0 Å². The van der Waals surface area contributed by atoms with Crippen LogP contribution in [0.4, 0.5) is 5.69 Å². The number of nitro groups is 1. The van der Waals surface area contributed by atoms with Gasteiger partial charge in [0, 0.05) is 17.5 Å². The number of carbonyl (C=O) groups is 2. The first-order valence-electron chi connectivity index (χ1n) is 16.8. The number of rotatable bonds is 4. The maximum absolute atomic E-state index is 14.1. The van der Waals surface area contributed by atoms with E-state index in [1.165, 1.54) is 11.6 Å². The Morgan fingerprint density at radius 3 is 2.39 bits per heavy atom. The van der Waals surface area contributed by atoms with Crippen molar-refractivity contribution in [3.05, 3.63) is 57.7 Å². The highest BCUT2D eigenvalue weighted by Crippen LogP contribution is 2.77. The van der Waals surface area contributed by atoms with Gasteiger partial charge < -0.3 is 4.74 Å². The molecule has 0 heterocycles. The van der Waals surface area contributed by atoms with Gasteiger partial charge in [-0.3, -0.25) is 19.7 Å². The van der Waals surface area contributed by atoms with Gasteiger partial charge in [0.1, 0.15) is 0 Å². The van der Waals surface area contributed by atoms with E-state index in [9.17, 15) is 19.7 Å². The molecule has 6 heteroatoms. The zero-order valence-corrected chi connectivity index (χ0v) is 27.8. The van der Waals surface area contributed by atoms with Crippen molar-refractivity contribution in [1.29, 1.82) is 0 Å². The zero-order chi connectivity index (χ0) is 32.0. The quantitative estimate of drug-likeness (QED) is 0.113. The summed E-state index contributed by atoms with van der Waals surface area (Å²) in [5, 5.41) is 11.5. The van der Waals surface area contributed by atoms with Crippen LogP contribution >= 0.6 is 0 Å². The largest absolute Gasteiger partial charge is 0.469 e. The highest BCUT2D eigenvalue weighted by atomic mass is 16.6. The van der Waals surface area contributed by atoms with Crippen molar-refractivity contribution in [2.45, 2.75) is 99.3 Å². The Hall–Kier alpha value is -2.76. The van der Waals surface area contributed by atoms with Gasteiger partial charge in [-0.05, 0) is 128 Å². The van der Waals surface area contributed by atoms with E-state index < -0.39 is 10.8 Å². The number of hydrogen-bond acceptors (Lipinski definition) is 5. The van der Waals surface area contributed by atoms with Crippen LogP contribution < -0.4 is 0 Å². The lowest BCUT2D eigenvalue weighted by atomic mass is 9.32. The molecule has 9 unspecified atom stereocenters. The second-order valence-electron chi connectivity index (χ2n) is 16.6. The van der Waals surface area contributed by atoms with Crippen LogP contribution in [0, 0.1) is 66.8 Å². The molecule has 0 saturated heterocycles. The molecule has 1 aromatic rings. The van der Waals surface area contributed by atoms with Crippen molar-refractivity contribution in [3.63, 3.8) is 0 Å². The van der Waals surface area contributed by atoms with E-state index in [1.807, 2.05) is 12.1 Å². The first-order chi connectivity index (χ1) is 20.6. The SMILES string of the molecule is C=C(C)C1CCC2(C(=O)OC)CCC3(C)C(CCC4C5(C)CC(=Cc6cccc([N+](=O)[O-])c6)C(=O)C(C)(C)C5CCC43C)C12. The third kappa shape index (κ3) is 4.04. The molecular formula is C38H51NO5. The highest BCUT2D eigenvalue weighted by molar-refractivity contribution is 6.04. The Morgan fingerprint density at radius 1 is 1.00 bits per heavy atom. The smallest absolute Gasteiger partial charge is 0.312 e. The Balaban J connectivity index is 1.41. The average Bonchev–Trinajstić information content (AvgIpc) is 3.37. The summed E-state index contributed by atoms with van der Waals surface area (Å²) in [5.74, 6) is 1.93. The van der Waals surface area contributed by atoms with E-state index in [4.69, 9.17) is 4.74 Å². The second kappa shape index (κ2) is 10.1. The second-order valence-corrected chi connectivity index (χ2v) is 16.6. The topological polar surface area (TPSA) is 86.5 Å². The Labute approximate surface area is 263 Å². The number of fused-ring (bicyclic) bond motifs is 7. The lowest BCUT2D eigenvalue weighted by Crippen LogP contribution is -2.67. The minimum absolute atomic E-state index is 0.0142. The van der Waals surface area contributed by atoms with Gasteiger partial charge in [0.15, 0.2) is 5.78 Å². The van der Waals surface area contributed by atoms with E-state index in [0.29, 0.717) is 29.7 Å². The molecule has 0 aromatic heterocycles. The monoisotopic (exact) mass is 601 g/mol. The number of esters is 1. The molecule has 238 valence electrons. The van der Waals surface area contributed by atoms with Crippen molar-refractivity contribution in [2.24, 2.45) is 56.7 Å². The summed E-state index contributed by atoms with van der Waals surface area (Å²) in [4.78, 5) is 38.7. The number of ether oxygens (including phenoxy) is 1. The summed E-state index contributed by atoms with van der Waals surface area (Å²) < 4.78 is 5.52. The maximum atomic E-state index is 14.1. The molecule has 0 aliphatic heterocycles. The zero-order valence-electron chi connectivity index (χ0n) is 27.8. The van der Waals surface area contributed by atoms with Crippen LogP contribution in [0.1, 0.15) is 105 Å². The number of methoxy groups -OCH3 is 1. The highest BCUT2D eigenvalue weighted by Gasteiger charge is 2.72. The van der Waals surface area contributed by atoms with E-state index in [2.05, 4.69) is 48.1 Å². The lowest BCUT2D eigenvalue weighted by Gasteiger charge is -2.72. The summed E-state index contributed by atoms with van der Waals surface area (Å²) in [5.41, 5.74) is 1.91. The minimum Gasteiger partial charge on any atom is -0.469 e. The molecule has 5 aliphatic carbocycles. The van der Waals surface area contributed by atoms with Crippen LogP contribution in [-0.4, -0.2) is 23.8 Å². The van der Waals surface area contributed by atoms with Gasteiger partial charge in [-0.1, -0.05) is 58.9 Å². The average molecular weight is 602 g/mol. The molecule has 1 aromatic carbocycles. The molecule has 0 spiro atoms. The fraction of sp³-hybridized carbons (Fsp3) is 0.684. The molecule has 5 saturated carbocycles. The summed E-state index contributed by atoms with van der Waals surface area (Å²) in [7, 11) is 1.56. The maximum Gasteiger partial charge on any atom is 0.312 e.